The summed E-state index contributed by atoms with van der Waals surface area (Å²) in [6.07, 6.45) is -0.266. The molecular weight excluding hydrogens is 325 g/mol. The van der Waals surface area contributed by atoms with E-state index in [1.807, 2.05) is 0 Å². The molecule has 8 heteroatoms. The average Bonchev–Trinajstić information content (AvgIpc) is 2.50. The van der Waals surface area contributed by atoms with E-state index in [1.165, 1.54) is 6.92 Å². The summed E-state index contributed by atoms with van der Waals surface area (Å²) in [7, 11) is 0. The fraction of sp³-hybridized carbons (Fsp3) is 0.818. The molecule has 1 atom stereocenters. The molecule has 1 aliphatic carbocycles. The molecule has 4 nitrogen and oxygen atoms in total. The van der Waals surface area contributed by atoms with E-state index in [0.717, 1.165) is 24.3 Å². The van der Waals surface area contributed by atoms with Crippen molar-refractivity contribution in [3.8, 4) is 0 Å². The van der Waals surface area contributed by atoms with Gasteiger partial charge in [0.05, 0.1) is 11.4 Å². The molecule has 2 rings (SSSR count). The van der Waals surface area contributed by atoms with Gasteiger partial charge in [0.25, 0.3) is 0 Å². The fourth-order valence-corrected chi connectivity index (χ4v) is 3.60. The number of nitrogens with two attached hydrogens (primary N) is 2. The maximum atomic E-state index is 13.3. The van der Waals surface area contributed by atoms with Gasteiger partial charge in [-0.05, 0) is 35.7 Å². The van der Waals surface area contributed by atoms with Crippen LogP contribution in [0.25, 0.3) is 0 Å². The number of hydrogen-bond donors (Lipinski definition) is 2. The molecule has 1 unspecified atom stereocenters. The molecule has 0 aromatic heterocycles. The average molecular weight is 343 g/mol. The van der Waals surface area contributed by atoms with E-state index >= 15 is 0 Å². The summed E-state index contributed by atoms with van der Waals surface area (Å²) in [6.45, 7) is 1.34. The van der Waals surface area contributed by atoms with Gasteiger partial charge in [0.1, 0.15) is 0 Å². The lowest BCUT2D eigenvalue weighted by atomic mass is 9.95. The first-order valence-electron chi connectivity index (χ1n) is 6.28. The number of hydrogen-bond acceptors (Lipinski definition) is 4. The Labute approximate surface area is 118 Å². The second-order valence-corrected chi connectivity index (χ2v) is 6.30. The molecule has 0 aromatic rings. The minimum Gasteiger partial charge on any atom is -0.397 e. The van der Waals surface area contributed by atoms with Crippen molar-refractivity contribution in [1.29, 1.82) is 0 Å². The molecule has 0 spiro atoms. The topological polar surface area (TPSA) is 58.5 Å². The van der Waals surface area contributed by atoms with Gasteiger partial charge < -0.3 is 5.73 Å². The van der Waals surface area contributed by atoms with Crippen LogP contribution in [-0.2, 0) is 0 Å². The minimum atomic E-state index is -4.53. The zero-order chi connectivity index (χ0) is 14.4. The van der Waals surface area contributed by atoms with Crippen LogP contribution in [0.5, 0.6) is 0 Å². The monoisotopic (exact) mass is 342 g/mol. The van der Waals surface area contributed by atoms with Crippen LogP contribution in [0.4, 0.5) is 13.2 Å². The molecule has 2 aliphatic rings. The van der Waals surface area contributed by atoms with E-state index in [4.69, 9.17) is 11.5 Å². The predicted octanol–water partition coefficient (Wildman–Crippen LogP) is 2.57. The van der Waals surface area contributed by atoms with E-state index in [9.17, 15) is 13.2 Å². The highest BCUT2D eigenvalue weighted by molar-refractivity contribution is 9.10. The molecule has 0 saturated heterocycles. The van der Waals surface area contributed by atoms with Gasteiger partial charge in [-0.2, -0.15) is 5.01 Å². The zero-order valence-electron chi connectivity index (χ0n) is 10.7. The van der Waals surface area contributed by atoms with Crippen LogP contribution < -0.4 is 11.5 Å². The van der Waals surface area contributed by atoms with Crippen molar-refractivity contribution < 1.29 is 13.2 Å². The van der Waals surface area contributed by atoms with Crippen LogP contribution in [0.2, 0.25) is 0 Å². The maximum absolute atomic E-state index is 13.3. The number of halogens is 4. The van der Waals surface area contributed by atoms with Gasteiger partial charge in [-0.15, -0.1) is 13.2 Å². The SMILES string of the molecule is CC1=C(N)C(N)(Br)N(C2CCCCC2)N1C(F)(F)F. The number of alkyl halides is 4. The second-order valence-electron chi connectivity index (χ2n) is 5.09. The van der Waals surface area contributed by atoms with Crippen molar-refractivity contribution in [2.24, 2.45) is 11.5 Å². The lowest BCUT2D eigenvalue weighted by Gasteiger charge is -2.44. The van der Waals surface area contributed by atoms with Crippen LogP contribution in [0, 0.1) is 0 Å². The Hall–Kier alpha value is -0.470. The van der Waals surface area contributed by atoms with E-state index < -0.39 is 10.9 Å². The summed E-state index contributed by atoms with van der Waals surface area (Å²) in [5, 5.41) is 1.43. The quantitative estimate of drug-likeness (QED) is 0.568. The van der Waals surface area contributed by atoms with Crippen LogP contribution in [0.15, 0.2) is 11.4 Å². The predicted molar refractivity (Wildman–Crippen MR) is 69.3 cm³/mol. The molecular formula is C11H18BrF3N4. The molecule has 19 heavy (non-hydrogen) atoms. The van der Waals surface area contributed by atoms with Crippen LogP contribution in [-0.4, -0.2) is 26.9 Å². The first-order valence-corrected chi connectivity index (χ1v) is 7.07. The second kappa shape index (κ2) is 4.82. The number of hydrazine groups is 1. The first-order chi connectivity index (χ1) is 8.67. The Morgan fingerprint density at radius 1 is 1.26 bits per heavy atom. The van der Waals surface area contributed by atoms with Gasteiger partial charge in [-0.25, -0.2) is 5.01 Å². The Morgan fingerprint density at radius 2 is 1.79 bits per heavy atom. The van der Waals surface area contributed by atoms with Crippen molar-refractivity contribution in [2.45, 2.75) is 55.9 Å². The Balaban J connectivity index is 2.38. The van der Waals surface area contributed by atoms with E-state index in [2.05, 4.69) is 15.9 Å². The van der Waals surface area contributed by atoms with Gasteiger partial charge in [-0.3, -0.25) is 5.73 Å². The Kier molecular flexibility index (Phi) is 3.79. The number of rotatable bonds is 1. The highest BCUT2D eigenvalue weighted by Gasteiger charge is 2.56. The number of nitrogens with zero attached hydrogens (tertiary/aromatic N) is 2. The van der Waals surface area contributed by atoms with Gasteiger partial charge in [0.2, 0.25) is 0 Å². The number of allylic oxidation sites excluding steroid dienone is 1. The summed E-state index contributed by atoms with van der Waals surface area (Å²) < 4.78 is 38.3. The lowest BCUT2D eigenvalue weighted by Crippen LogP contribution is -2.62. The summed E-state index contributed by atoms with van der Waals surface area (Å²) >= 11 is 3.16. The van der Waals surface area contributed by atoms with Crippen LogP contribution in [0.1, 0.15) is 39.0 Å². The largest absolute Gasteiger partial charge is 0.499 e. The highest BCUT2D eigenvalue weighted by Crippen LogP contribution is 2.45. The Bertz CT molecular complexity index is 388. The first kappa shape index (κ1) is 14.9. The van der Waals surface area contributed by atoms with E-state index in [0.29, 0.717) is 12.8 Å². The summed E-state index contributed by atoms with van der Waals surface area (Å²) in [4.78, 5) is 0. The Morgan fingerprint density at radius 3 is 2.26 bits per heavy atom. The van der Waals surface area contributed by atoms with Gasteiger partial charge >= 0.3 is 6.30 Å². The lowest BCUT2D eigenvalue weighted by molar-refractivity contribution is -0.307. The molecule has 1 heterocycles. The van der Waals surface area contributed by atoms with Gasteiger partial charge in [-0.1, -0.05) is 19.3 Å². The third kappa shape index (κ3) is 2.45. The van der Waals surface area contributed by atoms with Crippen molar-refractivity contribution in [2.75, 3.05) is 0 Å². The van der Waals surface area contributed by atoms with Gasteiger partial charge in [0.15, 0.2) is 4.57 Å². The molecule has 110 valence electrons. The molecule has 1 fully saturated rings. The van der Waals surface area contributed by atoms with Crippen molar-refractivity contribution in [3.05, 3.63) is 11.4 Å². The highest BCUT2D eigenvalue weighted by atomic mass is 79.9. The molecule has 0 radical (unpaired) electrons. The van der Waals surface area contributed by atoms with Gasteiger partial charge in [0, 0.05) is 6.04 Å². The molecule has 0 bridgehead atoms. The summed E-state index contributed by atoms with van der Waals surface area (Å²) in [6, 6.07) is -0.254. The normalized spacial score (nSPS) is 31.4. The van der Waals surface area contributed by atoms with E-state index in [1.54, 1.807) is 0 Å². The summed E-state index contributed by atoms with van der Waals surface area (Å²) in [5.41, 5.74) is 11.7. The van der Waals surface area contributed by atoms with Crippen molar-refractivity contribution in [1.82, 2.24) is 10.0 Å². The molecule has 1 saturated carbocycles. The zero-order valence-corrected chi connectivity index (χ0v) is 12.3. The third-order valence-electron chi connectivity index (χ3n) is 3.79. The molecule has 4 N–H and O–H groups in total. The van der Waals surface area contributed by atoms with Crippen LogP contribution in [0.3, 0.4) is 0 Å². The van der Waals surface area contributed by atoms with Crippen molar-refractivity contribution in [3.63, 3.8) is 0 Å². The standard InChI is InChI=1S/C11H18BrF3N4/c1-7-9(16)10(12,17)19(18(7)11(13,14)15)8-5-3-2-4-6-8/h8H,2-6,16-17H2,1H3. The minimum absolute atomic E-state index is 0.00963. The molecule has 1 aliphatic heterocycles. The van der Waals surface area contributed by atoms with Crippen molar-refractivity contribution >= 4 is 15.9 Å². The third-order valence-corrected chi connectivity index (χ3v) is 4.59. The molecule has 0 aromatic carbocycles. The maximum Gasteiger partial charge on any atom is 0.499 e. The summed E-state index contributed by atoms with van der Waals surface area (Å²) in [5.74, 6) is 0. The van der Waals surface area contributed by atoms with E-state index in [-0.39, 0.29) is 22.4 Å². The molecule has 0 amide bonds. The fourth-order valence-electron chi connectivity index (χ4n) is 2.87. The van der Waals surface area contributed by atoms with Crippen LogP contribution >= 0.6 is 15.9 Å². The smallest absolute Gasteiger partial charge is 0.397 e.